The number of rotatable bonds is 3. The van der Waals surface area contributed by atoms with Crippen LogP contribution in [0.3, 0.4) is 0 Å². The van der Waals surface area contributed by atoms with Crippen LogP contribution in [0.25, 0.3) is 76.5 Å². The van der Waals surface area contributed by atoms with Crippen LogP contribution >= 0.6 is 0 Å². The molecule has 0 aliphatic carbocycles. The van der Waals surface area contributed by atoms with Gasteiger partial charge in [0.05, 0.1) is 23.3 Å². The van der Waals surface area contributed by atoms with E-state index >= 15 is 0 Å². The van der Waals surface area contributed by atoms with Gasteiger partial charge in [0.1, 0.15) is 0 Å². The molecule has 0 saturated heterocycles. The Morgan fingerprint density at radius 2 is 0.875 bits per heavy atom. The molecule has 0 saturated carbocycles. The van der Waals surface area contributed by atoms with Gasteiger partial charge in [0.25, 0.3) is 0 Å². The van der Waals surface area contributed by atoms with Crippen molar-refractivity contribution in [2.75, 3.05) is 0 Å². The zero-order valence-corrected chi connectivity index (χ0v) is 20.7. The molecule has 0 fully saturated rings. The second-order valence-electron chi connectivity index (χ2n) is 9.19. The van der Waals surface area contributed by atoms with Crippen molar-refractivity contribution in [3.8, 4) is 33.4 Å². The molecule has 186 valence electrons. The van der Waals surface area contributed by atoms with E-state index in [0.29, 0.717) is 27.1 Å². The van der Waals surface area contributed by atoms with Crippen LogP contribution in [0.2, 0.25) is 0 Å². The molecule has 0 atom stereocenters. The Bertz CT molecular complexity index is 3090. The summed E-state index contributed by atoms with van der Waals surface area (Å²) in [5.41, 5.74) is -0.0802. The van der Waals surface area contributed by atoms with Gasteiger partial charge in [-0.25, -0.2) is 0 Å². The van der Waals surface area contributed by atoms with Crippen molar-refractivity contribution in [3.05, 3.63) is 157 Å². The molecule has 0 heterocycles. The topological polar surface area (TPSA) is 0 Å². The van der Waals surface area contributed by atoms with Crippen molar-refractivity contribution in [1.29, 1.82) is 0 Å². The summed E-state index contributed by atoms with van der Waals surface area (Å²) in [7, 11) is 0. The van der Waals surface area contributed by atoms with Crippen molar-refractivity contribution in [2.24, 2.45) is 0 Å². The fourth-order valence-corrected chi connectivity index (χ4v) is 5.35. The highest BCUT2D eigenvalue weighted by atomic mass is 14.2. The maximum absolute atomic E-state index is 9.40. The number of fused-ring (bicyclic) bond motifs is 4. The molecule has 8 aromatic carbocycles. The average Bonchev–Trinajstić information content (AvgIpc) is 3.20. The van der Waals surface area contributed by atoms with Crippen LogP contribution in [0.5, 0.6) is 0 Å². The molecule has 0 aliphatic heterocycles. The molecule has 8 rings (SSSR count). The second kappa shape index (κ2) is 9.22. The van der Waals surface area contributed by atoms with Gasteiger partial charge < -0.3 is 0 Å². The quantitative estimate of drug-likeness (QED) is 0.202. The smallest absolute Gasteiger partial charge is 0.0616 e. The monoisotopic (exact) mass is 523 g/mol. The minimum absolute atomic E-state index is 0.0251. The third-order valence-corrected chi connectivity index (χ3v) is 7.03. The van der Waals surface area contributed by atoms with Gasteiger partial charge in [0.2, 0.25) is 0 Å². The van der Waals surface area contributed by atoms with E-state index in [1.165, 1.54) is 6.07 Å². The minimum atomic E-state index is -0.714. The van der Waals surface area contributed by atoms with Gasteiger partial charge in [-0.3, -0.25) is 0 Å². The maximum atomic E-state index is 9.40. The third kappa shape index (κ3) is 3.54. The van der Waals surface area contributed by atoms with Crippen LogP contribution in [0, 0.1) is 0 Å². The predicted molar refractivity (Wildman–Crippen MR) is 173 cm³/mol. The molecule has 0 heteroatoms. The minimum Gasteiger partial charge on any atom is -0.0616 e. The largest absolute Gasteiger partial charge is 0.0629 e. The summed E-state index contributed by atoms with van der Waals surface area (Å²) in [5.74, 6) is 0. The van der Waals surface area contributed by atoms with E-state index in [-0.39, 0.29) is 61.4 Å². The number of hydrogen-bond donors (Lipinski definition) is 0. The molecule has 0 nitrogen and oxygen atoms in total. The number of hydrogen-bond acceptors (Lipinski definition) is 0. The Morgan fingerprint density at radius 1 is 0.350 bits per heavy atom. The average molecular weight is 524 g/mol. The Kier molecular flexibility index (Phi) is 2.65. The van der Waals surface area contributed by atoms with Crippen LogP contribution in [0.15, 0.2) is 157 Å². The Balaban J connectivity index is 1.62. The third-order valence-electron chi connectivity index (χ3n) is 7.03. The summed E-state index contributed by atoms with van der Waals surface area (Å²) in [5, 5.41) is 0.774. The molecule has 0 aromatic heterocycles. The van der Waals surface area contributed by atoms with E-state index in [2.05, 4.69) is 0 Å². The first-order valence-electron chi connectivity index (χ1n) is 21.0. The summed E-state index contributed by atoms with van der Waals surface area (Å²) < 4.78 is 149. The standard InChI is InChI=1S/C40H26/c1-2-14-29-26-30(25-24-27(29)12-1)39-35-19-7-9-21-37(35)40(38-22-10-8-20-36(38)39)34-18-6-5-17-33(34)32-23-11-15-28-13-3-4-16-31(28)32/h1-26H/i1D,2D,3D,4D,5D,6D,11D,12D,13D,14D,15D,16D,17D,18D,23D,24D,25D. The first kappa shape index (κ1) is 11.5. The van der Waals surface area contributed by atoms with Gasteiger partial charge in [0, 0.05) is 0 Å². The Labute approximate surface area is 257 Å². The van der Waals surface area contributed by atoms with E-state index in [1.54, 1.807) is 48.5 Å². The fraction of sp³-hybridized carbons (Fsp3) is 0. The summed E-state index contributed by atoms with van der Waals surface area (Å²) in [6, 6.07) is 5.08. The van der Waals surface area contributed by atoms with Gasteiger partial charge in [-0.2, -0.15) is 0 Å². The van der Waals surface area contributed by atoms with E-state index in [9.17, 15) is 4.11 Å². The van der Waals surface area contributed by atoms with Crippen LogP contribution in [0.1, 0.15) is 23.3 Å². The van der Waals surface area contributed by atoms with Crippen molar-refractivity contribution >= 4 is 43.1 Å². The zero-order valence-electron chi connectivity index (χ0n) is 37.7. The molecular weight excluding hydrogens is 480 g/mol. The Morgan fingerprint density at radius 3 is 1.60 bits per heavy atom. The highest BCUT2D eigenvalue weighted by Crippen LogP contribution is 2.46. The van der Waals surface area contributed by atoms with Gasteiger partial charge in [-0.05, 0) is 82.5 Å². The fourth-order valence-electron chi connectivity index (χ4n) is 5.35. The Hall–Kier alpha value is -5.20. The highest BCUT2D eigenvalue weighted by molar-refractivity contribution is 6.23. The molecule has 0 unspecified atom stereocenters. The SMILES string of the molecule is [2H]c1c([2H])c([2H])c(-c2c([2H])c([2H])c([2H])c3c([2H])c([2H])c([2H])c([2H])c23)c(-c2c3ccccc3c(-c3cc4c([2H])c([2H])c([2H])c([2H])c4c([2H])c3[2H])c3ccccc23)c1[2H]. The van der Waals surface area contributed by atoms with Crippen LogP contribution in [-0.2, 0) is 0 Å². The van der Waals surface area contributed by atoms with Crippen LogP contribution in [-0.4, -0.2) is 0 Å². The summed E-state index contributed by atoms with van der Waals surface area (Å²) >= 11 is 0. The lowest BCUT2D eigenvalue weighted by Gasteiger charge is -2.20. The maximum Gasteiger partial charge on any atom is 0.0629 e. The molecule has 8 aromatic rings. The molecule has 40 heavy (non-hydrogen) atoms. The van der Waals surface area contributed by atoms with E-state index in [1.807, 2.05) is 0 Å². The van der Waals surface area contributed by atoms with Gasteiger partial charge in [-0.1, -0.05) is 151 Å². The number of benzene rings is 8. The lowest BCUT2D eigenvalue weighted by Crippen LogP contribution is -1.93. The summed E-state index contributed by atoms with van der Waals surface area (Å²) in [4.78, 5) is 0. The molecule has 0 N–H and O–H groups in total. The first-order chi connectivity index (χ1) is 26.9. The van der Waals surface area contributed by atoms with Crippen LogP contribution in [0.4, 0.5) is 0 Å². The highest BCUT2D eigenvalue weighted by Gasteiger charge is 2.19. The van der Waals surface area contributed by atoms with Crippen LogP contribution < -0.4 is 0 Å². The van der Waals surface area contributed by atoms with Crippen molar-refractivity contribution in [3.63, 3.8) is 0 Å². The van der Waals surface area contributed by atoms with E-state index < -0.39 is 90.6 Å². The van der Waals surface area contributed by atoms with Gasteiger partial charge in [0.15, 0.2) is 0 Å². The molecule has 0 aliphatic rings. The zero-order chi connectivity index (χ0) is 41.3. The first-order valence-corrected chi connectivity index (χ1v) is 12.5. The van der Waals surface area contributed by atoms with Crippen molar-refractivity contribution in [2.45, 2.75) is 0 Å². The molecule has 0 radical (unpaired) electrons. The van der Waals surface area contributed by atoms with E-state index in [0.717, 1.165) is 0 Å². The summed E-state index contributed by atoms with van der Waals surface area (Å²) in [6.45, 7) is 0. The molecular formula is C40H26. The van der Waals surface area contributed by atoms with Crippen molar-refractivity contribution < 1.29 is 23.3 Å². The predicted octanol–water partition coefficient (Wildman–Crippen LogP) is 11.3. The lowest BCUT2D eigenvalue weighted by molar-refractivity contribution is 1.63. The van der Waals surface area contributed by atoms with E-state index in [4.69, 9.17) is 19.2 Å². The second-order valence-corrected chi connectivity index (χ2v) is 9.19. The summed E-state index contributed by atoms with van der Waals surface area (Å²) in [6.07, 6.45) is 0. The molecule has 0 spiro atoms. The van der Waals surface area contributed by atoms with Gasteiger partial charge >= 0.3 is 0 Å². The molecule has 0 amide bonds. The van der Waals surface area contributed by atoms with Crippen molar-refractivity contribution in [1.82, 2.24) is 0 Å². The normalized spacial score (nSPS) is 17.4. The molecule has 0 bridgehead atoms. The lowest BCUT2D eigenvalue weighted by atomic mass is 9.83. The van der Waals surface area contributed by atoms with Gasteiger partial charge in [-0.15, -0.1) is 0 Å².